The van der Waals surface area contributed by atoms with Crippen molar-refractivity contribution in [1.29, 1.82) is 0 Å². The molecule has 0 aliphatic heterocycles. The van der Waals surface area contributed by atoms with Crippen molar-refractivity contribution in [2.24, 2.45) is 0 Å². The monoisotopic (exact) mass is 338 g/mol. The Bertz CT molecular complexity index is 267. The van der Waals surface area contributed by atoms with Gasteiger partial charge in [0, 0.05) is 12.7 Å². The van der Waals surface area contributed by atoms with Gasteiger partial charge in [0.25, 0.3) is 0 Å². The first kappa shape index (κ1) is 21.7. The van der Waals surface area contributed by atoms with Crippen LogP contribution in [0.25, 0.3) is 0 Å². The zero-order valence-electron chi connectivity index (χ0n) is 14.1. The van der Waals surface area contributed by atoms with Crippen LogP contribution < -0.4 is 0 Å². The second kappa shape index (κ2) is 14.3. The van der Waals surface area contributed by atoms with E-state index in [2.05, 4.69) is 6.58 Å². The van der Waals surface area contributed by atoms with Gasteiger partial charge in [-0.3, -0.25) is 0 Å². The van der Waals surface area contributed by atoms with E-state index in [4.69, 9.17) is 4.74 Å². The van der Waals surface area contributed by atoms with Crippen LogP contribution in [0.2, 0.25) is 6.04 Å². The van der Waals surface area contributed by atoms with E-state index in [-0.39, 0.29) is 0 Å². The molecule has 0 aliphatic rings. The smallest absolute Gasteiger partial charge is 0.377 e. The summed E-state index contributed by atoms with van der Waals surface area (Å²) in [5.41, 5.74) is 1.07. The summed E-state index contributed by atoms with van der Waals surface area (Å²) < 4.78 is 41.6. The van der Waals surface area contributed by atoms with Gasteiger partial charge < -0.3 is 4.74 Å². The normalized spacial score (nSPS) is 11.8. The molecular formula is C17H33F3OSi. The molecule has 132 valence electrons. The zero-order chi connectivity index (χ0) is 16.7. The lowest BCUT2D eigenvalue weighted by Gasteiger charge is -2.05. The van der Waals surface area contributed by atoms with Gasteiger partial charge >= 0.3 is 9.08 Å². The van der Waals surface area contributed by atoms with Crippen LogP contribution in [-0.2, 0) is 4.74 Å². The van der Waals surface area contributed by atoms with Crippen molar-refractivity contribution >= 4 is 9.08 Å². The largest absolute Gasteiger partial charge is 0.616 e. The third kappa shape index (κ3) is 19.7. The van der Waals surface area contributed by atoms with Crippen LogP contribution in [0.1, 0.15) is 77.6 Å². The molecule has 0 amide bonds. The van der Waals surface area contributed by atoms with Crippen molar-refractivity contribution in [3.63, 3.8) is 0 Å². The molecule has 0 rings (SSSR count). The van der Waals surface area contributed by atoms with E-state index in [1.807, 2.05) is 6.92 Å². The van der Waals surface area contributed by atoms with Crippen LogP contribution >= 0.6 is 0 Å². The van der Waals surface area contributed by atoms with Gasteiger partial charge in [-0.15, -0.1) is 0 Å². The van der Waals surface area contributed by atoms with Gasteiger partial charge in [0.1, 0.15) is 0 Å². The minimum Gasteiger partial charge on any atom is -0.377 e. The first-order chi connectivity index (χ1) is 10.4. The third-order valence-corrected chi connectivity index (χ3v) is 4.52. The summed E-state index contributed by atoms with van der Waals surface area (Å²) in [7, 11) is -5.28. The Labute approximate surface area is 135 Å². The molecule has 1 nitrogen and oxygen atoms in total. The minimum absolute atomic E-state index is 0.350. The van der Waals surface area contributed by atoms with Crippen molar-refractivity contribution in [2.45, 2.75) is 83.6 Å². The second-order valence-corrected chi connectivity index (χ2v) is 7.99. The third-order valence-electron chi connectivity index (χ3n) is 3.60. The molecule has 0 saturated carbocycles. The van der Waals surface area contributed by atoms with E-state index in [9.17, 15) is 12.3 Å². The van der Waals surface area contributed by atoms with Crippen LogP contribution in [-0.4, -0.2) is 22.3 Å². The predicted molar refractivity (Wildman–Crippen MR) is 90.3 cm³/mol. The van der Waals surface area contributed by atoms with E-state index < -0.39 is 15.1 Å². The van der Waals surface area contributed by atoms with Gasteiger partial charge in [-0.05, 0) is 19.8 Å². The molecule has 0 aromatic carbocycles. The number of rotatable bonds is 16. The zero-order valence-corrected chi connectivity index (χ0v) is 15.1. The predicted octanol–water partition coefficient (Wildman–Crippen LogP) is 6.72. The fraction of sp³-hybridized carbons (Fsp3) is 0.882. The summed E-state index contributed by atoms with van der Waals surface area (Å²) in [4.78, 5) is 0. The summed E-state index contributed by atoms with van der Waals surface area (Å²) in [6.45, 7) is 7.26. The molecule has 5 heteroatoms. The maximum atomic E-state index is 12.1. The van der Waals surface area contributed by atoms with Crippen LogP contribution in [0.3, 0.4) is 0 Å². The Kier molecular flexibility index (Phi) is 14.1. The Hall–Kier alpha value is -0.293. The number of hydrogen-bond donors (Lipinski definition) is 0. The van der Waals surface area contributed by atoms with E-state index in [0.29, 0.717) is 13.0 Å². The van der Waals surface area contributed by atoms with Gasteiger partial charge in [-0.25, -0.2) is 12.3 Å². The molecule has 0 aromatic heterocycles. The lowest BCUT2D eigenvalue weighted by molar-refractivity contribution is 0.151. The van der Waals surface area contributed by atoms with Crippen molar-refractivity contribution in [3.05, 3.63) is 12.2 Å². The highest BCUT2D eigenvalue weighted by molar-refractivity contribution is 6.58. The molecule has 0 atom stereocenters. The second-order valence-electron chi connectivity index (χ2n) is 6.26. The number of halogens is 3. The van der Waals surface area contributed by atoms with Gasteiger partial charge in [-0.2, -0.15) is 0 Å². The number of unbranched alkanes of at least 4 members (excludes halogenated alkanes) is 10. The molecule has 0 spiro atoms. The SMILES string of the molecule is C=C(C)COCCCCCCCCCCCCC[Si](F)(F)F. The summed E-state index contributed by atoms with van der Waals surface area (Å²) in [5, 5.41) is 0. The molecular weight excluding hydrogens is 305 g/mol. The highest BCUT2D eigenvalue weighted by Crippen LogP contribution is 2.19. The first-order valence-electron chi connectivity index (χ1n) is 8.70. The first-order valence-corrected chi connectivity index (χ1v) is 10.5. The van der Waals surface area contributed by atoms with Crippen LogP contribution in [0, 0.1) is 0 Å². The fourth-order valence-electron chi connectivity index (χ4n) is 2.37. The Morgan fingerprint density at radius 3 is 1.59 bits per heavy atom. The van der Waals surface area contributed by atoms with Gasteiger partial charge in [-0.1, -0.05) is 69.9 Å². The molecule has 0 bridgehead atoms. The van der Waals surface area contributed by atoms with E-state index in [0.717, 1.165) is 37.9 Å². The average molecular weight is 339 g/mol. The van der Waals surface area contributed by atoms with E-state index >= 15 is 0 Å². The molecule has 0 N–H and O–H groups in total. The lowest BCUT2D eigenvalue weighted by atomic mass is 10.1. The van der Waals surface area contributed by atoms with Gasteiger partial charge in [0.05, 0.1) is 6.61 Å². The van der Waals surface area contributed by atoms with Crippen molar-refractivity contribution in [3.8, 4) is 0 Å². The topological polar surface area (TPSA) is 9.23 Å². The summed E-state index contributed by atoms with van der Waals surface area (Å²) in [6, 6.07) is -0.483. The Morgan fingerprint density at radius 1 is 0.773 bits per heavy atom. The summed E-state index contributed by atoms with van der Waals surface area (Å²) in [5.74, 6) is 0. The highest BCUT2D eigenvalue weighted by Gasteiger charge is 2.35. The highest BCUT2D eigenvalue weighted by atomic mass is 28.5. The van der Waals surface area contributed by atoms with Crippen LogP contribution in [0.15, 0.2) is 12.2 Å². The Morgan fingerprint density at radius 2 is 1.18 bits per heavy atom. The van der Waals surface area contributed by atoms with E-state index in [1.54, 1.807) is 0 Å². The molecule has 0 saturated heterocycles. The van der Waals surface area contributed by atoms with Crippen molar-refractivity contribution < 1.29 is 17.1 Å². The van der Waals surface area contributed by atoms with Gasteiger partial charge in [0.2, 0.25) is 0 Å². The molecule has 0 fully saturated rings. The molecule has 22 heavy (non-hydrogen) atoms. The maximum Gasteiger partial charge on any atom is 0.616 e. The quantitative estimate of drug-likeness (QED) is 0.131. The average Bonchev–Trinajstić information content (AvgIpc) is 2.41. The summed E-state index contributed by atoms with van der Waals surface area (Å²) in [6.07, 6.45) is 11.7. The summed E-state index contributed by atoms with van der Waals surface area (Å²) >= 11 is 0. The van der Waals surface area contributed by atoms with Gasteiger partial charge in [0.15, 0.2) is 0 Å². The molecule has 0 aromatic rings. The van der Waals surface area contributed by atoms with Crippen LogP contribution in [0.5, 0.6) is 0 Å². The molecule has 0 heterocycles. The van der Waals surface area contributed by atoms with E-state index in [1.165, 1.54) is 38.5 Å². The Balaban J connectivity index is 3.04. The number of ether oxygens (including phenoxy) is 1. The fourth-order valence-corrected chi connectivity index (χ4v) is 3.02. The molecule has 0 unspecified atom stereocenters. The van der Waals surface area contributed by atoms with Crippen LogP contribution in [0.4, 0.5) is 12.3 Å². The lowest BCUT2D eigenvalue weighted by Crippen LogP contribution is -2.13. The maximum absolute atomic E-state index is 12.1. The molecule has 0 aliphatic carbocycles. The van der Waals surface area contributed by atoms with Crippen molar-refractivity contribution in [1.82, 2.24) is 0 Å². The number of hydrogen-bond acceptors (Lipinski definition) is 1. The molecule has 0 radical (unpaired) electrons. The minimum atomic E-state index is -5.28. The standard InChI is InChI=1S/C17H33F3OSi/c1-17(2)16-21-14-12-10-8-6-4-3-5-7-9-11-13-15-22(18,19)20/h1,3-16H2,2H3. The van der Waals surface area contributed by atoms with Crippen molar-refractivity contribution in [2.75, 3.05) is 13.2 Å².